The van der Waals surface area contributed by atoms with Gasteiger partial charge >= 0.3 is 0 Å². The molecule has 5 nitrogen and oxygen atoms in total. The molecule has 0 aliphatic heterocycles. The number of nitrogens with zero attached hydrogens (tertiary/aromatic N) is 3. The van der Waals surface area contributed by atoms with Gasteiger partial charge in [-0.25, -0.2) is 9.97 Å². The number of aromatic nitrogens is 2. The van der Waals surface area contributed by atoms with Gasteiger partial charge in [-0.3, -0.25) is 0 Å². The van der Waals surface area contributed by atoms with E-state index in [1.807, 2.05) is 13.1 Å². The first kappa shape index (κ1) is 14.7. The second-order valence-electron chi connectivity index (χ2n) is 4.46. The lowest BCUT2D eigenvalue weighted by molar-refractivity contribution is 0.741. The summed E-state index contributed by atoms with van der Waals surface area (Å²) in [6.07, 6.45) is 6.24. The van der Waals surface area contributed by atoms with Gasteiger partial charge in [0.15, 0.2) is 0 Å². The summed E-state index contributed by atoms with van der Waals surface area (Å²) in [6.45, 7) is 4.80. The van der Waals surface area contributed by atoms with Gasteiger partial charge in [-0.05, 0) is 19.4 Å². The van der Waals surface area contributed by atoms with Crippen LogP contribution in [-0.2, 0) is 0 Å². The molecule has 0 aromatic carbocycles. The minimum atomic E-state index is 0.706. The quantitative estimate of drug-likeness (QED) is 0.656. The maximum atomic E-state index is 5.51. The van der Waals surface area contributed by atoms with E-state index in [2.05, 4.69) is 27.1 Å². The second-order valence-corrected chi connectivity index (χ2v) is 4.46. The van der Waals surface area contributed by atoms with Crippen molar-refractivity contribution in [1.82, 2.24) is 9.97 Å². The molecule has 18 heavy (non-hydrogen) atoms. The van der Waals surface area contributed by atoms with E-state index >= 15 is 0 Å². The van der Waals surface area contributed by atoms with Crippen molar-refractivity contribution < 1.29 is 0 Å². The first-order chi connectivity index (χ1) is 8.77. The molecule has 1 aromatic heterocycles. The van der Waals surface area contributed by atoms with Crippen LogP contribution in [0.4, 0.5) is 11.6 Å². The molecule has 3 N–H and O–H groups in total. The summed E-state index contributed by atoms with van der Waals surface area (Å²) < 4.78 is 0. The molecule has 0 spiro atoms. The van der Waals surface area contributed by atoms with Crippen LogP contribution in [0.5, 0.6) is 0 Å². The summed E-state index contributed by atoms with van der Waals surface area (Å²) in [5.74, 6) is 1.84. The van der Waals surface area contributed by atoms with Gasteiger partial charge in [0, 0.05) is 26.2 Å². The smallest absolute Gasteiger partial charge is 0.133 e. The zero-order valence-corrected chi connectivity index (χ0v) is 11.5. The van der Waals surface area contributed by atoms with Crippen molar-refractivity contribution in [1.29, 1.82) is 0 Å². The Morgan fingerprint density at radius 2 is 2.11 bits per heavy atom. The summed E-state index contributed by atoms with van der Waals surface area (Å²) in [7, 11) is 2.03. The predicted octanol–water partition coefficient (Wildman–Crippen LogP) is 1.86. The van der Waals surface area contributed by atoms with Gasteiger partial charge < -0.3 is 16.0 Å². The summed E-state index contributed by atoms with van der Waals surface area (Å²) >= 11 is 0. The predicted molar refractivity (Wildman–Crippen MR) is 77.0 cm³/mol. The standard InChI is InChI=1S/C13H25N5/c1-3-4-5-8-15-12-10-13(17-11-16-12)18(2)9-6-7-14/h10-11H,3-9,14H2,1-2H3,(H,15,16,17). The molecule has 1 aromatic rings. The number of nitrogens with two attached hydrogens (primary N) is 1. The van der Waals surface area contributed by atoms with E-state index in [1.165, 1.54) is 19.3 Å². The average molecular weight is 251 g/mol. The minimum absolute atomic E-state index is 0.706. The molecular weight excluding hydrogens is 226 g/mol. The number of hydrogen-bond acceptors (Lipinski definition) is 5. The Balaban J connectivity index is 2.45. The largest absolute Gasteiger partial charge is 0.370 e. The summed E-state index contributed by atoms with van der Waals surface area (Å²) in [5, 5.41) is 3.33. The highest BCUT2D eigenvalue weighted by Crippen LogP contribution is 2.12. The summed E-state index contributed by atoms with van der Waals surface area (Å²) in [5.41, 5.74) is 5.51. The van der Waals surface area contributed by atoms with Crippen LogP contribution in [0.25, 0.3) is 0 Å². The van der Waals surface area contributed by atoms with E-state index in [-0.39, 0.29) is 0 Å². The van der Waals surface area contributed by atoms with Crippen LogP contribution in [0.2, 0.25) is 0 Å². The van der Waals surface area contributed by atoms with E-state index in [1.54, 1.807) is 6.33 Å². The molecule has 0 saturated carbocycles. The highest BCUT2D eigenvalue weighted by atomic mass is 15.2. The van der Waals surface area contributed by atoms with Crippen LogP contribution in [-0.4, -0.2) is 36.6 Å². The maximum absolute atomic E-state index is 5.51. The normalized spacial score (nSPS) is 10.4. The molecule has 0 aliphatic carbocycles. The Morgan fingerprint density at radius 3 is 2.83 bits per heavy atom. The van der Waals surface area contributed by atoms with Crippen molar-refractivity contribution in [2.75, 3.05) is 36.9 Å². The van der Waals surface area contributed by atoms with Crippen LogP contribution >= 0.6 is 0 Å². The third-order valence-corrected chi connectivity index (χ3v) is 2.83. The Morgan fingerprint density at radius 1 is 1.28 bits per heavy atom. The minimum Gasteiger partial charge on any atom is -0.370 e. The van der Waals surface area contributed by atoms with E-state index in [9.17, 15) is 0 Å². The van der Waals surface area contributed by atoms with Crippen molar-refractivity contribution in [2.24, 2.45) is 5.73 Å². The fourth-order valence-electron chi connectivity index (χ4n) is 1.69. The monoisotopic (exact) mass is 251 g/mol. The fourth-order valence-corrected chi connectivity index (χ4v) is 1.69. The van der Waals surface area contributed by atoms with Gasteiger partial charge in [0.2, 0.25) is 0 Å². The summed E-state index contributed by atoms with van der Waals surface area (Å²) in [6, 6.07) is 1.99. The molecule has 0 fully saturated rings. The van der Waals surface area contributed by atoms with Crippen molar-refractivity contribution in [3.8, 4) is 0 Å². The third-order valence-electron chi connectivity index (χ3n) is 2.83. The lowest BCUT2D eigenvalue weighted by atomic mass is 10.2. The molecule has 0 unspecified atom stereocenters. The zero-order chi connectivity index (χ0) is 13.2. The van der Waals surface area contributed by atoms with Crippen molar-refractivity contribution in [2.45, 2.75) is 32.6 Å². The van der Waals surface area contributed by atoms with Crippen LogP contribution < -0.4 is 16.0 Å². The number of anilines is 2. The summed E-state index contributed by atoms with van der Waals surface area (Å²) in [4.78, 5) is 10.6. The Kier molecular flexibility index (Phi) is 7.10. The van der Waals surface area contributed by atoms with E-state index in [4.69, 9.17) is 5.73 Å². The first-order valence-electron chi connectivity index (χ1n) is 6.75. The van der Waals surface area contributed by atoms with E-state index < -0.39 is 0 Å². The Labute approximate surface area is 110 Å². The van der Waals surface area contributed by atoms with Gasteiger partial charge in [0.05, 0.1) is 0 Å². The molecular formula is C13H25N5. The number of nitrogens with one attached hydrogen (secondary N) is 1. The molecule has 0 radical (unpaired) electrons. The van der Waals surface area contributed by atoms with Gasteiger partial charge in [0.25, 0.3) is 0 Å². The third kappa shape index (κ3) is 5.31. The van der Waals surface area contributed by atoms with Crippen LogP contribution in [0.15, 0.2) is 12.4 Å². The first-order valence-corrected chi connectivity index (χ1v) is 6.75. The molecule has 102 valence electrons. The molecule has 5 heteroatoms. The molecule has 0 aliphatic rings. The van der Waals surface area contributed by atoms with Gasteiger partial charge in [0.1, 0.15) is 18.0 Å². The van der Waals surface area contributed by atoms with Crippen LogP contribution in [0.1, 0.15) is 32.6 Å². The Hall–Kier alpha value is -1.36. The van der Waals surface area contributed by atoms with E-state index in [0.717, 1.165) is 31.1 Å². The molecule has 1 rings (SSSR count). The van der Waals surface area contributed by atoms with Crippen LogP contribution in [0, 0.1) is 0 Å². The molecule has 0 amide bonds. The SMILES string of the molecule is CCCCCNc1cc(N(C)CCCN)ncn1. The van der Waals surface area contributed by atoms with E-state index in [0.29, 0.717) is 6.54 Å². The lowest BCUT2D eigenvalue weighted by Gasteiger charge is -2.18. The highest BCUT2D eigenvalue weighted by molar-refractivity contribution is 5.47. The topological polar surface area (TPSA) is 67.1 Å². The van der Waals surface area contributed by atoms with Crippen molar-refractivity contribution in [3.05, 3.63) is 12.4 Å². The van der Waals surface area contributed by atoms with Crippen molar-refractivity contribution >= 4 is 11.6 Å². The van der Waals surface area contributed by atoms with Gasteiger partial charge in [-0.1, -0.05) is 19.8 Å². The lowest BCUT2D eigenvalue weighted by Crippen LogP contribution is -2.22. The Bertz CT molecular complexity index is 329. The number of rotatable bonds is 9. The molecule has 0 atom stereocenters. The number of hydrogen-bond donors (Lipinski definition) is 2. The second kappa shape index (κ2) is 8.69. The zero-order valence-electron chi connectivity index (χ0n) is 11.5. The maximum Gasteiger partial charge on any atom is 0.133 e. The molecule has 0 bridgehead atoms. The fraction of sp³-hybridized carbons (Fsp3) is 0.692. The van der Waals surface area contributed by atoms with Crippen molar-refractivity contribution in [3.63, 3.8) is 0 Å². The average Bonchev–Trinajstić information content (AvgIpc) is 2.41. The number of unbranched alkanes of at least 4 members (excludes halogenated alkanes) is 2. The van der Waals surface area contributed by atoms with Crippen LogP contribution in [0.3, 0.4) is 0 Å². The van der Waals surface area contributed by atoms with Gasteiger partial charge in [-0.15, -0.1) is 0 Å². The molecule has 0 saturated heterocycles. The van der Waals surface area contributed by atoms with Gasteiger partial charge in [-0.2, -0.15) is 0 Å². The highest BCUT2D eigenvalue weighted by Gasteiger charge is 2.03. The molecule has 1 heterocycles.